The Balaban J connectivity index is 1.48. The molecule has 6 heteroatoms. The highest BCUT2D eigenvalue weighted by atomic mass is 32.2. The molecule has 26 heavy (non-hydrogen) atoms. The summed E-state index contributed by atoms with van der Waals surface area (Å²) in [6.45, 7) is 6.21. The summed E-state index contributed by atoms with van der Waals surface area (Å²) in [6, 6.07) is 12.4. The Morgan fingerprint density at radius 2 is 1.92 bits per heavy atom. The monoisotopic (exact) mass is 373 g/mol. The standard InChI is InChI=1S/C20H24FN3OS/c1-16-4-2-5-18(22-16)14-23-10-3-11-24(13-12-23)20(25)15-26-19-8-6-17(21)7-9-19/h2,4-9H,3,10-15H2,1H3. The number of pyridine rings is 1. The summed E-state index contributed by atoms with van der Waals surface area (Å²) >= 11 is 1.46. The van der Waals surface area contributed by atoms with Crippen LogP contribution in [0.25, 0.3) is 0 Å². The maximum Gasteiger partial charge on any atom is 0.232 e. The second-order valence-corrected chi connectivity index (χ2v) is 7.57. The lowest BCUT2D eigenvalue weighted by Crippen LogP contribution is -2.36. The molecule has 2 aromatic rings. The number of carbonyl (C=O) groups excluding carboxylic acids is 1. The fraction of sp³-hybridized carbons (Fsp3) is 0.400. The number of hydrogen-bond acceptors (Lipinski definition) is 4. The Kier molecular flexibility index (Phi) is 6.63. The van der Waals surface area contributed by atoms with Gasteiger partial charge >= 0.3 is 0 Å². The zero-order valence-electron chi connectivity index (χ0n) is 15.0. The van der Waals surface area contributed by atoms with E-state index in [1.807, 2.05) is 24.0 Å². The van der Waals surface area contributed by atoms with E-state index in [4.69, 9.17) is 0 Å². The van der Waals surface area contributed by atoms with E-state index >= 15 is 0 Å². The second-order valence-electron chi connectivity index (χ2n) is 6.52. The van der Waals surface area contributed by atoms with Crippen LogP contribution in [0.3, 0.4) is 0 Å². The first kappa shape index (κ1) is 18.9. The van der Waals surface area contributed by atoms with Crippen LogP contribution >= 0.6 is 11.8 Å². The van der Waals surface area contributed by atoms with Crippen LogP contribution in [-0.4, -0.2) is 52.6 Å². The van der Waals surface area contributed by atoms with Crippen molar-refractivity contribution in [2.75, 3.05) is 31.9 Å². The van der Waals surface area contributed by atoms with Gasteiger partial charge in [-0.1, -0.05) is 6.07 Å². The summed E-state index contributed by atoms with van der Waals surface area (Å²) in [5.74, 6) is 0.289. The molecule has 2 heterocycles. The predicted octanol–water partition coefficient (Wildman–Crippen LogP) is 3.36. The third kappa shape index (κ3) is 5.54. The van der Waals surface area contributed by atoms with Crippen molar-refractivity contribution in [1.82, 2.24) is 14.8 Å². The SMILES string of the molecule is Cc1cccc(CN2CCCN(C(=O)CSc3ccc(F)cc3)CC2)n1. The summed E-state index contributed by atoms with van der Waals surface area (Å²) in [6.07, 6.45) is 0.971. The van der Waals surface area contributed by atoms with Gasteiger partial charge in [0.05, 0.1) is 11.4 Å². The minimum Gasteiger partial charge on any atom is -0.341 e. The van der Waals surface area contributed by atoms with E-state index in [1.54, 1.807) is 12.1 Å². The number of aryl methyl sites for hydroxylation is 1. The molecule has 0 N–H and O–H groups in total. The molecule has 0 atom stereocenters. The molecule has 1 aromatic heterocycles. The fourth-order valence-corrected chi connectivity index (χ4v) is 3.86. The summed E-state index contributed by atoms with van der Waals surface area (Å²) < 4.78 is 12.9. The van der Waals surface area contributed by atoms with Gasteiger partial charge in [-0.25, -0.2) is 4.39 Å². The molecule has 0 saturated carbocycles. The van der Waals surface area contributed by atoms with Crippen molar-refractivity contribution in [3.8, 4) is 0 Å². The van der Waals surface area contributed by atoms with Crippen molar-refractivity contribution in [3.63, 3.8) is 0 Å². The summed E-state index contributed by atoms with van der Waals surface area (Å²) in [5, 5.41) is 0. The molecule has 0 bridgehead atoms. The largest absolute Gasteiger partial charge is 0.341 e. The number of carbonyl (C=O) groups is 1. The van der Waals surface area contributed by atoms with E-state index in [0.717, 1.165) is 55.4 Å². The molecule has 1 aromatic carbocycles. The van der Waals surface area contributed by atoms with E-state index in [0.29, 0.717) is 5.75 Å². The minimum atomic E-state index is -0.253. The summed E-state index contributed by atoms with van der Waals surface area (Å²) in [7, 11) is 0. The number of aromatic nitrogens is 1. The first-order valence-corrected chi connectivity index (χ1v) is 9.90. The van der Waals surface area contributed by atoms with Gasteiger partial charge in [-0.05, 0) is 49.7 Å². The summed E-state index contributed by atoms with van der Waals surface area (Å²) in [4.78, 5) is 22.3. The fourth-order valence-electron chi connectivity index (χ4n) is 3.06. The van der Waals surface area contributed by atoms with Crippen LogP contribution in [0, 0.1) is 12.7 Å². The van der Waals surface area contributed by atoms with Crippen molar-refractivity contribution in [2.45, 2.75) is 24.8 Å². The van der Waals surface area contributed by atoms with Crippen molar-refractivity contribution < 1.29 is 9.18 Å². The van der Waals surface area contributed by atoms with E-state index in [-0.39, 0.29) is 11.7 Å². The number of hydrogen-bond donors (Lipinski definition) is 0. The first-order valence-electron chi connectivity index (χ1n) is 8.91. The number of amides is 1. The van der Waals surface area contributed by atoms with Crippen LogP contribution in [0.15, 0.2) is 47.4 Å². The molecule has 138 valence electrons. The molecule has 0 radical (unpaired) electrons. The smallest absolute Gasteiger partial charge is 0.232 e. The number of nitrogens with zero attached hydrogens (tertiary/aromatic N) is 3. The van der Waals surface area contributed by atoms with Crippen LogP contribution in [0.5, 0.6) is 0 Å². The molecule has 3 rings (SSSR count). The number of benzene rings is 1. The number of thioether (sulfide) groups is 1. The second kappa shape index (κ2) is 9.14. The van der Waals surface area contributed by atoms with Crippen LogP contribution in [0.4, 0.5) is 4.39 Å². The highest BCUT2D eigenvalue weighted by Crippen LogP contribution is 2.19. The minimum absolute atomic E-state index is 0.148. The van der Waals surface area contributed by atoms with Gasteiger partial charge in [-0.3, -0.25) is 14.7 Å². The van der Waals surface area contributed by atoms with Crippen LogP contribution in [0.2, 0.25) is 0 Å². The normalized spacial score (nSPS) is 15.7. The predicted molar refractivity (Wildman–Crippen MR) is 103 cm³/mol. The number of rotatable bonds is 5. The van der Waals surface area contributed by atoms with Crippen molar-refractivity contribution in [1.29, 1.82) is 0 Å². The Morgan fingerprint density at radius 1 is 1.12 bits per heavy atom. The van der Waals surface area contributed by atoms with Gasteiger partial charge in [0.1, 0.15) is 5.82 Å². The molecule has 0 spiro atoms. The average molecular weight is 373 g/mol. The quantitative estimate of drug-likeness (QED) is 0.753. The highest BCUT2D eigenvalue weighted by molar-refractivity contribution is 8.00. The topological polar surface area (TPSA) is 36.4 Å². The molecule has 1 fully saturated rings. The van der Waals surface area contributed by atoms with Crippen LogP contribution in [-0.2, 0) is 11.3 Å². The van der Waals surface area contributed by atoms with Crippen molar-refractivity contribution in [2.24, 2.45) is 0 Å². The van der Waals surface area contributed by atoms with Gasteiger partial charge in [0.2, 0.25) is 5.91 Å². The van der Waals surface area contributed by atoms with Gasteiger partial charge in [-0.15, -0.1) is 11.8 Å². The molecule has 1 saturated heterocycles. The van der Waals surface area contributed by atoms with E-state index < -0.39 is 0 Å². The maximum atomic E-state index is 12.9. The van der Waals surface area contributed by atoms with Gasteiger partial charge in [-0.2, -0.15) is 0 Å². The van der Waals surface area contributed by atoms with Crippen LogP contribution in [0.1, 0.15) is 17.8 Å². The molecule has 0 aliphatic carbocycles. The molecular formula is C20H24FN3OS. The van der Waals surface area contributed by atoms with E-state index in [2.05, 4.69) is 16.0 Å². The number of halogens is 1. The molecular weight excluding hydrogens is 349 g/mol. The third-order valence-electron chi connectivity index (χ3n) is 4.45. The zero-order chi connectivity index (χ0) is 18.4. The molecule has 4 nitrogen and oxygen atoms in total. The molecule has 1 aliphatic rings. The first-order chi connectivity index (χ1) is 12.6. The van der Waals surface area contributed by atoms with Gasteiger partial charge in [0, 0.05) is 43.3 Å². The van der Waals surface area contributed by atoms with Crippen molar-refractivity contribution in [3.05, 3.63) is 59.7 Å². The van der Waals surface area contributed by atoms with Gasteiger partial charge in [0.25, 0.3) is 0 Å². The third-order valence-corrected chi connectivity index (χ3v) is 5.45. The van der Waals surface area contributed by atoms with Crippen LogP contribution < -0.4 is 0 Å². The Morgan fingerprint density at radius 3 is 2.69 bits per heavy atom. The summed E-state index contributed by atoms with van der Waals surface area (Å²) in [5.41, 5.74) is 2.11. The lowest BCUT2D eigenvalue weighted by atomic mass is 10.3. The highest BCUT2D eigenvalue weighted by Gasteiger charge is 2.19. The molecule has 1 aliphatic heterocycles. The molecule has 1 amide bonds. The van der Waals surface area contributed by atoms with Gasteiger partial charge < -0.3 is 4.90 Å². The Bertz CT molecular complexity index is 738. The lowest BCUT2D eigenvalue weighted by molar-refractivity contribution is -0.128. The van der Waals surface area contributed by atoms with E-state index in [1.165, 1.54) is 23.9 Å². The average Bonchev–Trinajstić information content (AvgIpc) is 2.87. The maximum absolute atomic E-state index is 12.9. The van der Waals surface area contributed by atoms with Gasteiger partial charge in [0.15, 0.2) is 0 Å². The Labute approximate surface area is 158 Å². The zero-order valence-corrected chi connectivity index (χ0v) is 15.8. The van der Waals surface area contributed by atoms with Crippen molar-refractivity contribution >= 4 is 17.7 Å². The Hall–Kier alpha value is -1.92. The lowest BCUT2D eigenvalue weighted by Gasteiger charge is -2.22. The van der Waals surface area contributed by atoms with E-state index in [9.17, 15) is 9.18 Å². The molecule has 0 unspecified atom stereocenters.